The monoisotopic (exact) mass is 427 g/mol. The number of amidine groups is 1. The van der Waals surface area contributed by atoms with E-state index in [1.54, 1.807) is 24.3 Å². The first kappa shape index (κ1) is 20.5. The second-order valence-electron chi connectivity index (χ2n) is 6.78. The van der Waals surface area contributed by atoms with Crippen molar-refractivity contribution in [3.63, 3.8) is 0 Å². The van der Waals surface area contributed by atoms with Crippen LogP contribution in [-0.2, 0) is 6.18 Å². The number of urea groups is 1. The number of amides is 2. The smallest absolute Gasteiger partial charge is 0.307 e. The summed E-state index contributed by atoms with van der Waals surface area (Å²) in [5.41, 5.74) is -0.281. The van der Waals surface area contributed by atoms with E-state index in [9.17, 15) is 18.0 Å². The number of aliphatic imine (C=N–C) groups is 1. The SMILES string of the molecule is CC1(C)CN=C(N(C(=O)Nc2cccc(C(F)(F)F)c2)c2ccc(Cl)cc2)S1. The first-order valence-electron chi connectivity index (χ1n) is 8.33. The maximum Gasteiger partial charge on any atom is 0.416 e. The summed E-state index contributed by atoms with van der Waals surface area (Å²) in [4.78, 5) is 18.7. The van der Waals surface area contributed by atoms with E-state index < -0.39 is 17.8 Å². The minimum atomic E-state index is -4.49. The number of thioether (sulfide) groups is 1. The van der Waals surface area contributed by atoms with Gasteiger partial charge < -0.3 is 5.32 Å². The van der Waals surface area contributed by atoms with E-state index in [1.807, 2.05) is 13.8 Å². The molecule has 28 heavy (non-hydrogen) atoms. The number of carbonyl (C=O) groups excluding carboxylic acids is 1. The highest BCUT2D eigenvalue weighted by Gasteiger charge is 2.34. The maximum absolute atomic E-state index is 13.0. The fourth-order valence-corrected chi connectivity index (χ4v) is 3.70. The third-order valence-electron chi connectivity index (χ3n) is 3.88. The van der Waals surface area contributed by atoms with Gasteiger partial charge in [0.1, 0.15) is 0 Å². The molecule has 0 aliphatic carbocycles. The van der Waals surface area contributed by atoms with E-state index in [-0.39, 0.29) is 10.4 Å². The van der Waals surface area contributed by atoms with Crippen LogP contribution < -0.4 is 10.2 Å². The van der Waals surface area contributed by atoms with Gasteiger partial charge in [0.25, 0.3) is 0 Å². The Labute approximate surface area is 169 Å². The molecule has 2 aromatic carbocycles. The number of carbonyl (C=O) groups is 1. The summed E-state index contributed by atoms with van der Waals surface area (Å²) in [5.74, 6) is 0. The van der Waals surface area contributed by atoms with Gasteiger partial charge in [-0.25, -0.2) is 9.69 Å². The minimum absolute atomic E-state index is 0.0432. The van der Waals surface area contributed by atoms with E-state index in [4.69, 9.17) is 11.6 Å². The van der Waals surface area contributed by atoms with Crippen LogP contribution >= 0.6 is 23.4 Å². The molecule has 1 aliphatic rings. The topological polar surface area (TPSA) is 44.7 Å². The Balaban J connectivity index is 1.90. The summed E-state index contributed by atoms with van der Waals surface area (Å²) < 4.78 is 38.6. The molecule has 0 aromatic heterocycles. The van der Waals surface area contributed by atoms with Crippen molar-refractivity contribution in [2.24, 2.45) is 4.99 Å². The second-order valence-corrected chi connectivity index (χ2v) is 8.89. The van der Waals surface area contributed by atoms with Crippen LogP contribution in [0.25, 0.3) is 0 Å². The van der Waals surface area contributed by atoms with Gasteiger partial charge in [-0.2, -0.15) is 13.2 Å². The molecular formula is C19H17ClF3N3OS. The maximum atomic E-state index is 13.0. The van der Waals surface area contributed by atoms with Crippen LogP contribution in [0.3, 0.4) is 0 Å². The Morgan fingerprint density at radius 1 is 1.21 bits per heavy atom. The van der Waals surface area contributed by atoms with Gasteiger partial charge >= 0.3 is 12.2 Å². The van der Waals surface area contributed by atoms with Gasteiger partial charge in [0, 0.05) is 15.5 Å². The normalized spacial score (nSPS) is 15.9. The lowest BCUT2D eigenvalue weighted by Gasteiger charge is -2.24. The number of benzene rings is 2. The lowest BCUT2D eigenvalue weighted by molar-refractivity contribution is -0.137. The number of hydrogen-bond acceptors (Lipinski definition) is 3. The predicted molar refractivity (Wildman–Crippen MR) is 108 cm³/mol. The van der Waals surface area contributed by atoms with Crippen LogP contribution in [0.4, 0.5) is 29.3 Å². The van der Waals surface area contributed by atoms with E-state index in [2.05, 4.69) is 10.3 Å². The van der Waals surface area contributed by atoms with Crippen molar-refractivity contribution in [3.8, 4) is 0 Å². The van der Waals surface area contributed by atoms with Gasteiger partial charge in [0.05, 0.1) is 17.8 Å². The fourth-order valence-electron chi connectivity index (χ4n) is 2.54. The molecule has 0 saturated heterocycles. The van der Waals surface area contributed by atoms with Crippen LogP contribution in [0.2, 0.25) is 5.02 Å². The van der Waals surface area contributed by atoms with E-state index in [0.29, 0.717) is 22.4 Å². The highest BCUT2D eigenvalue weighted by Crippen LogP contribution is 2.36. The van der Waals surface area contributed by atoms with E-state index >= 15 is 0 Å². The standard InChI is InChI=1S/C19H17ClF3N3OS/c1-18(2)11-24-17(28-18)26(15-8-6-13(20)7-9-15)16(27)25-14-5-3-4-12(10-14)19(21,22)23/h3-10H,11H2,1-2H3,(H,25,27). The molecule has 0 atom stereocenters. The Morgan fingerprint density at radius 2 is 1.89 bits per heavy atom. The average Bonchev–Trinajstić information content (AvgIpc) is 2.96. The van der Waals surface area contributed by atoms with Gasteiger partial charge in [-0.15, -0.1) is 0 Å². The van der Waals surface area contributed by atoms with Crippen molar-refractivity contribution in [3.05, 3.63) is 59.1 Å². The van der Waals surface area contributed by atoms with Gasteiger partial charge in [-0.05, 0) is 56.3 Å². The average molecular weight is 428 g/mol. The van der Waals surface area contributed by atoms with Gasteiger partial charge in [0.15, 0.2) is 5.17 Å². The molecule has 0 bridgehead atoms. The van der Waals surface area contributed by atoms with Crippen molar-refractivity contribution in [1.29, 1.82) is 0 Å². The van der Waals surface area contributed by atoms with Crippen LogP contribution in [0.1, 0.15) is 19.4 Å². The molecular weight excluding hydrogens is 411 g/mol. The molecule has 0 radical (unpaired) electrons. The molecule has 0 fully saturated rings. The Morgan fingerprint density at radius 3 is 2.46 bits per heavy atom. The molecule has 0 saturated carbocycles. The lowest BCUT2D eigenvalue weighted by Crippen LogP contribution is -2.38. The predicted octanol–water partition coefficient (Wildman–Crippen LogP) is 6.28. The molecule has 0 spiro atoms. The Kier molecular flexibility index (Phi) is 5.63. The summed E-state index contributed by atoms with van der Waals surface area (Å²) in [6.45, 7) is 4.52. The molecule has 9 heteroatoms. The van der Waals surface area contributed by atoms with E-state index in [1.165, 1.54) is 28.8 Å². The molecule has 2 aromatic rings. The molecule has 0 unspecified atom stereocenters. The number of nitrogens with zero attached hydrogens (tertiary/aromatic N) is 2. The minimum Gasteiger partial charge on any atom is -0.307 e. The summed E-state index contributed by atoms with van der Waals surface area (Å²) in [6, 6.07) is 10.5. The van der Waals surface area contributed by atoms with Crippen LogP contribution in [0, 0.1) is 0 Å². The van der Waals surface area contributed by atoms with Crippen LogP contribution in [0.5, 0.6) is 0 Å². The van der Waals surface area contributed by atoms with Crippen LogP contribution in [0.15, 0.2) is 53.5 Å². The first-order chi connectivity index (χ1) is 13.0. The summed E-state index contributed by atoms with van der Waals surface area (Å²) >= 11 is 7.35. The first-order valence-corrected chi connectivity index (χ1v) is 9.52. The van der Waals surface area contributed by atoms with Crippen molar-refractivity contribution in [2.75, 3.05) is 16.8 Å². The number of rotatable bonds is 2. The van der Waals surface area contributed by atoms with Crippen molar-refractivity contribution >= 4 is 45.9 Å². The zero-order valence-electron chi connectivity index (χ0n) is 15.0. The highest BCUT2D eigenvalue weighted by molar-refractivity contribution is 8.15. The zero-order valence-corrected chi connectivity index (χ0v) is 16.6. The molecule has 1 heterocycles. The largest absolute Gasteiger partial charge is 0.416 e. The summed E-state index contributed by atoms with van der Waals surface area (Å²) in [7, 11) is 0. The van der Waals surface area contributed by atoms with Crippen molar-refractivity contribution in [2.45, 2.75) is 24.8 Å². The summed E-state index contributed by atoms with van der Waals surface area (Å²) in [5, 5.41) is 3.50. The molecule has 3 rings (SSSR count). The fraction of sp³-hybridized carbons (Fsp3) is 0.263. The Bertz CT molecular complexity index is 913. The summed E-state index contributed by atoms with van der Waals surface area (Å²) in [6.07, 6.45) is -4.49. The molecule has 4 nitrogen and oxygen atoms in total. The number of anilines is 2. The quantitative estimate of drug-likeness (QED) is 0.613. The number of alkyl halides is 3. The number of nitrogens with one attached hydrogen (secondary N) is 1. The third-order valence-corrected chi connectivity index (χ3v) is 5.31. The number of halogens is 4. The molecule has 1 N–H and O–H groups in total. The second kappa shape index (κ2) is 7.67. The molecule has 1 aliphatic heterocycles. The lowest BCUT2D eigenvalue weighted by atomic mass is 10.2. The third kappa shape index (κ3) is 4.80. The van der Waals surface area contributed by atoms with Gasteiger partial charge in [0.2, 0.25) is 0 Å². The highest BCUT2D eigenvalue weighted by atomic mass is 35.5. The molecule has 2 amide bonds. The zero-order chi connectivity index (χ0) is 20.5. The molecule has 148 valence electrons. The number of hydrogen-bond donors (Lipinski definition) is 1. The van der Waals surface area contributed by atoms with Gasteiger partial charge in [-0.3, -0.25) is 4.99 Å². The van der Waals surface area contributed by atoms with Crippen molar-refractivity contribution < 1.29 is 18.0 Å². The van der Waals surface area contributed by atoms with E-state index in [0.717, 1.165) is 12.1 Å². The van der Waals surface area contributed by atoms with Crippen molar-refractivity contribution in [1.82, 2.24) is 0 Å². The van der Waals surface area contributed by atoms with Gasteiger partial charge in [-0.1, -0.05) is 29.4 Å². The Hall–Kier alpha value is -2.19. The van der Waals surface area contributed by atoms with Crippen LogP contribution in [-0.4, -0.2) is 22.5 Å².